The number of nitrogens with zero attached hydrogens (tertiary/aromatic N) is 3. The first kappa shape index (κ1) is 26.6. The zero-order chi connectivity index (χ0) is 27.1. The number of nitrogens with one attached hydrogen (secondary N) is 4. The molecule has 0 aliphatic rings. The molecule has 198 valence electrons. The third-order valence-corrected chi connectivity index (χ3v) is 5.80. The fraction of sp³-hybridized carbons (Fsp3) is 0.231. The van der Waals surface area contributed by atoms with Crippen LogP contribution in [0.2, 0.25) is 0 Å². The lowest BCUT2D eigenvalue weighted by Gasteiger charge is -2.21. The van der Waals surface area contributed by atoms with E-state index in [1.807, 2.05) is 24.3 Å². The maximum Gasteiger partial charge on any atom is 0.326 e. The summed E-state index contributed by atoms with van der Waals surface area (Å²) in [6, 6.07) is 8.54. The van der Waals surface area contributed by atoms with E-state index in [1.54, 1.807) is 12.4 Å². The lowest BCUT2D eigenvalue weighted by molar-refractivity contribution is 0.249. The third-order valence-electron chi connectivity index (χ3n) is 5.80. The van der Waals surface area contributed by atoms with Gasteiger partial charge in [-0.25, -0.2) is 18.6 Å². The fourth-order valence-electron chi connectivity index (χ4n) is 3.85. The summed E-state index contributed by atoms with van der Waals surface area (Å²) in [6.07, 6.45) is 5.80. The van der Waals surface area contributed by atoms with E-state index in [1.165, 1.54) is 19.2 Å². The van der Waals surface area contributed by atoms with Crippen LogP contribution in [0.25, 0.3) is 11.1 Å². The highest BCUT2D eigenvalue weighted by Gasteiger charge is 2.13. The Labute approximate surface area is 217 Å². The number of imidazole rings is 1. The van der Waals surface area contributed by atoms with Crippen LogP contribution in [0.15, 0.2) is 59.8 Å². The van der Waals surface area contributed by atoms with Crippen molar-refractivity contribution < 1.29 is 13.6 Å². The molecular weight excluding hydrogens is 494 g/mol. The maximum absolute atomic E-state index is 13.9. The molecular formula is C26H28F2N8O2. The second-order valence-corrected chi connectivity index (χ2v) is 8.71. The molecule has 0 aliphatic heterocycles. The standard InChI is InChI=1S/C26H28F2N8O2/c1-16-11-22(21(28)12-20(16)27)33-26(38)35-25-32-13-19(24(37)34-25)18-5-3-17(4-6-18)14-36(10-2-7-29)15-23-30-8-9-31-23/h3-6,8-9,11-13H,2,7,10,14-15,29H2,1H3,(H,30,31)(H3,32,33,34,35,37,38). The quantitative estimate of drug-likeness (QED) is 0.215. The van der Waals surface area contributed by atoms with Crippen LogP contribution in [0, 0.1) is 18.6 Å². The van der Waals surface area contributed by atoms with Crippen molar-refractivity contribution in [3.63, 3.8) is 0 Å². The molecule has 4 aromatic rings. The zero-order valence-electron chi connectivity index (χ0n) is 20.7. The largest absolute Gasteiger partial charge is 0.348 e. The highest BCUT2D eigenvalue weighted by Crippen LogP contribution is 2.20. The van der Waals surface area contributed by atoms with E-state index in [0.717, 1.165) is 24.4 Å². The molecule has 2 heterocycles. The lowest BCUT2D eigenvalue weighted by atomic mass is 10.1. The first-order valence-electron chi connectivity index (χ1n) is 12.0. The van der Waals surface area contributed by atoms with Crippen LogP contribution in [-0.2, 0) is 13.1 Å². The Bertz CT molecular complexity index is 1440. The summed E-state index contributed by atoms with van der Waals surface area (Å²) in [5.74, 6) is -0.898. The number of hydrogen-bond acceptors (Lipinski definition) is 6. The molecule has 10 nitrogen and oxygen atoms in total. The number of H-pyrrole nitrogens is 2. The summed E-state index contributed by atoms with van der Waals surface area (Å²) in [5.41, 5.74) is 7.13. The maximum atomic E-state index is 13.9. The number of anilines is 2. The SMILES string of the molecule is Cc1cc(NC(=O)Nc2nc(=O)c(-c3ccc(CN(CCCN)Cc4ncc[nH]4)cc3)c[nH]2)c(F)cc1F. The Hall–Kier alpha value is -4.42. The summed E-state index contributed by atoms with van der Waals surface area (Å²) >= 11 is 0. The molecule has 2 aromatic carbocycles. The Morgan fingerprint density at radius 3 is 2.55 bits per heavy atom. The van der Waals surface area contributed by atoms with Gasteiger partial charge in [-0.05, 0) is 42.6 Å². The van der Waals surface area contributed by atoms with E-state index in [0.29, 0.717) is 36.8 Å². The van der Waals surface area contributed by atoms with Gasteiger partial charge in [0.05, 0.1) is 17.8 Å². The highest BCUT2D eigenvalue weighted by atomic mass is 19.1. The minimum absolute atomic E-state index is 0.124. The number of amides is 2. The van der Waals surface area contributed by atoms with Gasteiger partial charge in [-0.15, -0.1) is 0 Å². The lowest BCUT2D eigenvalue weighted by Crippen LogP contribution is -2.26. The minimum Gasteiger partial charge on any atom is -0.348 e. The molecule has 0 atom stereocenters. The number of carbonyl (C=O) groups excluding carboxylic acids is 1. The van der Waals surface area contributed by atoms with Crippen molar-refractivity contribution >= 4 is 17.7 Å². The molecule has 0 saturated carbocycles. The number of aryl methyl sites for hydroxylation is 1. The topological polar surface area (TPSA) is 145 Å². The Morgan fingerprint density at radius 2 is 1.87 bits per heavy atom. The summed E-state index contributed by atoms with van der Waals surface area (Å²) in [5, 5.41) is 4.61. The molecule has 0 spiro atoms. The number of aromatic nitrogens is 4. The molecule has 0 aliphatic carbocycles. The van der Waals surface area contributed by atoms with Gasteiger partial charge in [-0.2, -0.15) is 4.98 Å². The number of nitrogens with two attached hydrogens (primary N) is 1. The van der Waals surface area contributed by atoms with Crippen LogP contribution in [0.5, 0.6) is 0 Å². The smallest absolute Gasteiger partial charge is 0.326 e. The molecule has 0 bridgehead atoms. The predicted molar refractivity (Wildman–Crippen MR) is 140 cm³/mol. The molecule has 0 saturated heterocycles. The van der Waals surface area contributed by atoms with Gasteiger partial charge in [0.1, 0.15) is 17.5 Å². The van der Waals surface area contributed by atoms with Crippen molar-refractivity contribution in [3.8, 4) is 11.1 Å². The van der Waals surface area contributed by atoms with Crippen LogP contribution >= 0.6 is 0 Å². The number of carbonyl (C=O) groups is 1. The first-order chi connectivity index (χ1) is 18.3. The van der Waals surface area contributed by atoms with Gasteiger partial charge < -0.3 is 21.0 Å². The van der Waals surface area contributed by atoms with E-state index >= 15 is 0 Å². The Balaban J connectivity index is 1.40. The van der Waals surface area contributed by atoms with E-state index < -0.39 is 23.2 Å². The average molecular weight is 523 g/mol. The predicted octanol–water partition coefficient (Wildman–Crippen LogP) is 3.74. The van der Waals surface area contributed by atoms with Gasteiger partial charge >= 0.3 is 6.03 Å². The number of hydrogen-bond donors (Lipinski definition) is 5. The third kappa shape index (κ3) is 6.87. The van der Waals surface area contributed by atoms with Crippen molar-refractivity contribution in [2.45, 2.75) is 26.4 Å². The van der Waals surface area contributed by atoms with Gasteiger partial charge in [0.25, 0.3) is 5.56 Å². The van der Waals surface area contributed by atoms with Crippen LogP contribution in [-0.4, -0.2) is 44.0 Å². The monoisotopic (exact) mass is 522 g/mol. The average Bonchev–Trinajstić information content (AvgIpc) is 3.40. The van der Waals surface area contributed by atoms with Crippen molar-refractivity contribution in [1.82, 2.24) is 24.8 Å². The molecule has 2 amide bonds. The Morgan fingerprint density at radius 1 is 1.08 bits per heavy atom. The molecule has 2 aromatic heterocycles. The molecule has 38 heavy (non-hydrogen) atoms. The molecule has 6 N–H and O–H groups in total. The van der Waals surface area contributed by atoms with Crippen molar-refractivity contribution in [1.29, 1.82) is 0 Å². The highest BCUT2D eigenvalue weighted by molar-refractivity contribution is 5.98. The van der Waals surface area contributed by atoms with Crippen LogP contribution < -0.4 is 21.9 Å². The molecule has 0 fully saturated rings. The van der Waals surface area contributed by atoms with Gasteiger partial charge in [0.15, 0.2) is 0 Å². The summed E-state index contributed by atoms with van der Waals surface area (Å²) < 4.78 is 27.3. The molecule has 0 radical (unpaired) electrons. The number of urea groups is 1. The zero-order valence-corrected chi connectivity index (χ0v) is 20.7. The summed E-state index contributed by atoms with van der Waals surface area (Å²) in [6.45, 7) is 4.20. The van der Waals surface area contributed by atoms with Gasteiger partial charge in [0.2, 0.25) is 5.95 Å². The van der Waals surface area contributed by atoms with E-state index in [2.05, 4.69) is 35.5 Å². The number of benzene rings is 2. The van der Waals surface area contributed by atoms with Gasteiger partial charge in [-0.3, -0.25) is 15.0 Å². The second-order valence-electron chi connectivity index (χ2n) is 8.71. The van der Waals surface area contributed by atoms with E-state index in [4.69, 9.17) is 5.73 Å². The second kappa shape index (κ2) is 12.2. The number of aromatic amines is 2. The van der Waals surface area contributed by atoms with Crippen molar-refractivity contribution in [2.75, 3.05) is 23.7 Å². The van der Waals surface area contributed by atoms with Gasteiger partial charge in [-0.1, -0.05) is 24.3 Å². The first-order valence-corrected chi connectivity index (χ1v) is 12.0. The molecule has 12 heteroatoms. The fourth-order valence-corrected chi connectivity index (χ4v) is 3.85. The molecule has 0 unspecified atom stereocenters. The molecule has 4 rings (SSSR count). The van der Waals surface area contributed by atoms with E-state index in [9.17, 15) is 18.4 Å². The van der Waals surface area contributed by atoms with Crippen LogP contribution in [0.4, 0.5) is 25.2 Å². The van der Waals surface area contributed by atoms with Crippen LogP contribution in [0.1, 0.15) is 23.4 Å². The minimum atomic E-state index is -0.924. The van der Waals surface area contributed by atoms with Crippen LogP contribution in [0.3, 0.4) is 0 Å². The van der Waals surface area contributed by atoms with Gasteiger partial charge in [0, 0.05) is 37.7 Å². The normalized spacial score (nSPS) is 11.1. The number of rotatable bonds is 10. The summed E-state index contributed by atoms with van der Waals surface area (Å²) in [4.78, 5) is 41.1. The van der Waals surface area contributed by atoms with E-state index in [-0.39, 0.29) is 17.2 Å². The summed E-state index contributed by atoms with van der Waals surface area (Å²) in [7, 11) is 0. The van der Waals surface area contributed by atoms with Crippen molar-refractivity contribution in [3.05, 3.63) is 93.9 Å². The number of halogens is 2. The Kier molecular flexibility index (Phi) is 8.56. The van der Waals surface area contributed by atoms with Crippen molar-refractivity contribution in [2.24, 2.45) is 5.73 Å².